The number of nitrogens with one attached hydrogen (secondary N) is 2. The summed E-state index contributed by atoms with van der Waals surface area (Å²) in [4.78, 5) is 28.9. The van der Waals surface area contributed by atoms with Gasteiger partial charge in [-0.15, -0.1) is 0 Å². The van der Waals surface area contributed by atoms with E-state index < -0.39 is 0 Å². The van der Waals surface area contributed by atoms with Gasteiger partial charge in [0.25, 0.3) is 5.91 Å². The van der Waals surface area contributed by atoms with Crippen molar-refractivity contribution in [3.8, 4) is 11.4 Å². The Kier molecular flexibility index (Phi) is 5.20. The van der Waals surface area contributed by atoms with E-state index in [1.807, 2.05) is 18.2 Å². The second kappa shape index (κ2) is 7.53. The van der Waals surface area contributed by atoms with Crippen LogP contribution in [0.3, 0.4) is 0 Å². The highest BCUT2D eigenvalue weighted by molar-refractivity contribution is 7.09. The third-order valence-corrected chi connectivity index (χ3v) is 4.89. The minimum absolute atomic E-state index is 0.176. The summed E-state index contributed by atoms with van der Waals surface area (Å²) in [6.45, 7) is 1.42. The van der Waals surface area contributed by atoms with Gasteiger partial charge in [-0.25, -0.2) is 0 Å². The Bertz CT molecular complexity index is 723. The normalized spacial score (nSPS) is 15.0. The van der Waals surface area contributed by atoms with E-state index in [4.69, 9.17) is 0 Å². The average molecular weight is 344 g/mol. The summed E-state index contributed by atoms with van der Waals surface area (Å²) in [5, 5.41) is 5.82. The topological polar surface area (TPSA) is 84.0 Å². The number of anilines is 1. The quantitative estimate of drug-likeness (QED) is 0.892. The third-order valence-electron chi connectivity index (χ3n) is 4.05. The van der Waals surface area contributed by atoms with Gasteiger partial charge in [-0.2, -0.15) is 4.37 Å². The van der Waals surface area contributed by atoms with Gasteiger partial charge >= 0.3 is 0 Å². The molecule has 126 valence electrons. The van der Waals surface area contributed by atoms with Crippen LogP contribution in [0, 0.1) is 0 Å². The van der Waals surface area contributed by atoms with Crippen molar-refractivity contribution in [2.24, 2.45) is 0 Å². The Morgan fingerprint density at radius 3 is 2.67 bits per heavy atom. The predicted octanol–water partition coefficient (Wildman–Crippen LogP) is 3.23. The van der Waals surface area contributed by atoms with Crippen LogP contribution in [0.1, 0.15) is 48.7 Å². The molecule has 3 rings (SSSR count). The number of rotatable bonds is 4. The van der Waals surface area contributed by atoms with Crippen LogP contribution in [0.15, 0.2) is 24.4 Å². The molecule has 1 saturated carbocycles. The molecule has 0 atom stereocenters. The summed E-state index contributed by atoms with van der Waals surface area (Å²) >= 11 is 1.09. The van der Waals surface area contributed by atoms with Gasteiger partial charge in [-0.1, -0.05) is 25.3 Å². The molecule has 2 heterocycles. The molecular weight excluding hydrogens is 324 g/mol. The molecule has 6 nitrogen and oxygen atoms in total. The first kappa shape index (κ1) is 16.6. The molecule has 0 unspecified atom stereocenters. The second-order valence-electron chi connectivity index (χ2n) is 5.94. The molecule has 1 aliphatic carbocycles. The average Bonchev–Trinajstić information content (AvgIpc) is 2.99. The Hall–Kier alpha value is -2.28. The number of carbonyl (C=O) groups excluding carboxylic acids is 2. The maximum Gasteiger partial charge on any atom is 0.265 e. The SMILES string of the molecule is CC(=O)Nc1c(-c2ccccn2)nsc1C(=O)NC1CCCCC1. The molecule has 0 aromatic carbocycles. The zero-order valence-corrected chi connectivity index (χ0v) is 14.4. The van der Waals surface area contributed by atoms with Crippen LogP contribution in [0.5, 0.6) is 0 Å². The Morgan fingerprint density at radius 2 is 2.00 bits per heavy atom. The molecule has 2 aromatic heterocycles. The van der Waals surface area contributed by atoms with Crippen molar-refractivity contribution < 1.29 is 9.59 Å². The molecule has 1 fully saturated rings. The third kappa shape index (κ3) is 3.79. The number of pyridine rings is 1. The van der Waals surface area contributed by atoms with Crippen LogP contribution in [-0.2, 0) is 4.79 Å². The van der Waals surface area contributed by atoms with E-state index in [0.29, 0.717) is 22.0 Å². The standard InChI is InChI=1S/C17H20N4O2S/c1-11(22)19-15-14(13-9-5-6-10-18-13)21-24-16(15)17(23)20-12-7-3-2-4-8-12/h5-6,9-10,12H,2-4,7-8H2,1H3,(H,19,22)(H,20,23). The molecule has 24 heavy (non-hydrogen) atoms. The van der Waals surface area contributed by atoms with Crippen LogP contribution in [0.2, 0.25) is 0 Å². The molecule has 2 amide bonds. The van der Waals surface area contributed by atoms with Crippen molar-refractivity contribution in [3.05, 3.63) is 29.3 Å². The van der Waals surface area contributed by atoms with Gasteiger partial charge in [0, 0.05) is 19.2 Å². The van der Waals surface area contributed by atoms with Crippen LogP contribution in [0.25, 0.3) is 11.4 Å². The molecule has 1 aliphatic rings. The van der Waals surface area contributed by atoms with Crippen molar-refractivity contribution in [1.29, 1.82) is 0 Å². The maximum atomic E-state index is 12.6. The van der Waals surface area contributed by atoms with E-state index in [1.165, 1.54) is 13.3 Å². The second-order valence-corrected chi connectivity index (χ2v) is 6.71. The Morgan fingerprint density at radius 1 is 1.21 bits per heavy atom. The van der Waals surface area contributed by atoms with E-state index in [0.717, 1.165) is 37.2 Å². The van der Waals surface area contributed by atoms with Gasteiger partial charge in [-0.3, -0.25) is 14.6 Å². The highest BCUT2D eigenvalue weighted by atomic mass is 32.1. The van der Waals surface area contributed by atoms with Gasteiger partial charge in [-0.05, 0) is 36.5 Å². The van der Waals surface area contributed by atoms with E-state index >= 15 is 0 Å². The Balaban J connectivity index is 1.88. The van der Waals surface area contributed by atoms with Gasteiger partial charge in [0.2, 0.25) is 5.91 Å². The van der Waals surface area contributed by atoms with Crippen LogP contribution in [0.4, 0.5) is 5.69 Å². The molecule has 0 spiro atoms. The van der Waals surface area contributed by atoms with Gasteiger partial charge in [0.05, 0.1) is 11.4 Å². The molecule has 0 aliphatic heterocycles. The lowest BCUT2D eigenvalue weighted by Gasteiger charge is -2.22. The smallest absolute Gasteiger partial charge is 0.265 e. The summed E-state index contributed by atoms with van der Waals surface area (Å²) in [6.07, 6.45) is 7.19. The van der Waals surface area contributed by atoms with Gasteiger partial charge in [0.1, 0.15) is 10.6 Å². The van der Waals surface area contributed by atoms with Crippen molar-refractivity contribution in [3.63, 3.8) is 0 Å². The van der Waals surface area contributed by atoms with Crippen molar-refractivity contribution in [2.45, 2.75) is 45.1 Å². The largest absolute Gasteiger partial charge is 0.348 e. The first-order chi connectivity index (χ1) is 11.6. The fourth-order valence-electron chi connectivity index (χ4n) is 2.91. The fourth-order valence-corrected chi connectivity index (χ4v) is 3.66. The van der Waals surface area contributed by atoms with Crippen molar-refractivity contribution >= 4 is 29.0 Å². The zero-order valence-electron chi connectivity index (χ0n) is 13.5. The minimum Gasteiger partial charge on any atom is -0.348 e. The summed E-state index contributed by atoms with van der Waals surface area (Å²) in [6, 6.07) is 5.67. The number of hydrogen-bond acceptors (Lipinski definition) is 5. The fraction of sp³-hybridized carbons (Fsp3) is 0.412. The van der Waals surface area contributed by atoms with E-state index in [2.05, 4.69) is 20.0 Å². The van der Waals surface area contributed by atoms with Gasteiger partial charge < -0.3 is 10.6 Å². The number of amides is 2. The molecule has 0 bridgehead atoms. The highest BCUT2D eigenvalue weighted by Crippen LogP contribution is 2.32. The zero-order chi connectivity index (χ0) is 16.9. The highest BCUT2D eigenvalue weighted by Gasteiger charge is 2.24. The van der Waals surface area contributed by atoms with Crippen LogP contribution >= 0.6 is 11.5 Å². The number of aromatic nitrogens is 2. The molecule has 2 aromatic rings. The first-order valence-electron chi connectivity index (χ1n) is 8.14. The minimum atomic E-state index is -0.237. The van der Waals surface area contributed by atoms with E-state index in [1.54, 1.807) is 6.20 Å². The summed E-state index contributed by atoms with van der Waals surface area (Å²) in [7, 11) is 0. The Labute approximate surface area is 144 Å². The molecular formula is C17H20N4O2S. The number of carbonyl (C=O) groups is 2. The lowest BCUT2D eigenvalue weighted by Crippen LogP contribution is -2.36. The molecule has 7 heteroatoms. The number of hydrogen-bond donors (Lipinski definition) is 2. The monoisotopic (exact) mass is 344 g/mol. The van der Waals surface area contributed by atoms with E-state index in [-0.39, 0.29) is 17.9 Å². The summed E-state index contributed by atoms with van der Waals surface area (Å²) in [5.41, 5.74) is 1.61. The van der Waals surface area contributed by atoms with Crippen molar-refractivity contribution in [2.75, 3.05) is 5.32 Å². The lowest BCUT2D eigenvalue weighted by atomic mass is 9.95. The van der Waals surface area contributed by atoms with Crippen LogP contribution < -0.4 is 10.6 Å². The summed E-state index contributed by atoms with van der Waals surface area (Å²) < 4.78 is 4.36. The summed E-state index contributed by atoms with van der Waals surface area (Å²) in [5.74, 6) is -0.413. The number of nitrogens with zero attached hydrogens (tertiary/aromatic N) is 2. The molecule has 2 N–H and O–H groups in total. The van der Waals surface area contributed by atoms with Crippen molar-refractivity contribution in [1.82, 2.24) is 14.7 Å². The lowest BCUT2D eigenvalue weighted by molar-refractivity contribution is -0.114. The molecule has 0 radical (unpaired) electrons. The maximum absolute atomic E-state index is 12.6. The first-order valence-corrected chi connectivity index (χ1v) is 8.92. The molecule has 0 saturated heterocycles. The van der Waals surface area contributed by atoms with Gasteiger partial charge in [0.15, 0.2) is 0 Å². The van der Waals surface area contributed by atoms with E-state index in [9.17, 15) is 9.59 Å². The predicted molar refractivity (Wildman–Crippen MR) is 94.0 cm³/mol. The van der Waals surface area contributed by atoms with Crippen LogP contribution in [-0.4, -0.2) is 27.2 Å².